The smallest absolute Gasteiger partial charge is 0.251 e. The number of ketones is 1. The molecule has 1 N–H and O–H groups in total. The van der Waals surface area contributed by atoms with E-state index >= 15 is 0 Å². The Morgan fingerprint density at radius 1 is 1.15 bits per heavy atom. The molecule has 6 heteroatoms. The van der Waals surface area contributed by atoms with E-state index in [0.717, 1.165) is 4.88 Å². The van der Waals surface area contributed by atoms with Crippen LogP contribution in [0, 0.1) is 6.92 Å². The zero-order valence-electron chi connectivity index (χ0n) is 10.6. The lowest BCUT2D eigenvalue weighted by molar-refractivity contribution is 0.0905. The maximum Gasteiger partial charge on any atom is 0.251 e. The van der Waals surface area contributed by atoms with Gasteiger partial charge in [-0.3, -0.25) is 9.59 Å². The van der Waals surface area contributed by atoms with Gasteiger partial charge in [0.15, 0.2) is 5.78 Å². The van der Waals surface area contributed by atoms with Crippen molar-refractivity contribution in [3.8, 4) is 0 Å². The molecule has 0 unspecified atom stereocenters. The second kappa shape index (κ2) is 6.39. The highest BCUT2D eigenvalue weighted by molar-refractivity contribution is 7.14. The zero-order chi connectivity index (χ0) is 14.7. The summed E-state index contributed by atoms with van der Waals surface area (Å²) in [5.74, 6) is -0.471. The van der Waals surface area contributed by atoms with E-state index in [1.54, 1.807) is 18.2 Å². The minimum absolute atomic E-state index is 0.0426. The Labute approximate surface area is 130 Å². The van der Waals surface area contributed by atoms with Crippen molar-refractivity contribution >= 4 is 46.2 Å². The number of hydrogen-bond acceptors (Lipinski definition) is 3. The average molecular weight is 328 g/mol. The first-order valence-corrected chi connectivity index (χ1v) is 7.37. The zero-order valence-corrected chi connectivity index (χ0v) is 12.9. The first-order valence-electron chi connectivity index (χ1n) is 5.80. The average Bonchev–Trinajstić information content (AvgIpc) is 2.85. The van der Waals surface area contributed by atoms with Crippen LogP contribution in [-0.2, 0) is 0 Å². The summed E-state index contributed by atoms with van der Waals surface area (Å²) in [7, 11) is 0. The predicted molar refractivity (Wildman–Crippen MR) is 82.2 cm³/mol. The Bertz CT molecular complexity index is 667. The number of thiophene rings is 1. The summed E-state index contributed by atoms with van der Waals surface area (Å²) < 4.78 is 0. The van der Waals surface area contributed by atoms with E-state index in [4.69, 9.17) is 23.2 Å². The quantitative estimate of drug-likeness (QED) is 0.863. The number of carbonyl (C=O) groups is 2. The minimum Gasteiger partial charge on any atom is -0.345 e. The molecule has 1 aromatic heterocycles. The van der Waals surface area contributed by atoms with Crippen LogP contribution in [0.3, 0.4) is 0 Å². The molecule has 20 heavy (non-hydrogen) atoms. The Morgan fingerprint density at radius 3 is 2.50 bits per heavy atom. The summed E-state index contributed by atoms with van der Waals surface area (Å²) in [4.78, 5) is 25.4. The van der Waals surface area contributed by atoms with Crippen LogP contribution >= 0.6 is 34.5 Å². The number of aryl methyl sites for hydroxylation is 1. The molecule has 1 aromatic carbocycles. The van der Waals surface area contributed by atoms with Gasteiger partial charge in [-0.05, 0) is 37.3 Å². The Kier molecular flexibility index (Phi) is 4.81. The molecule has 0 aliphatic carbocycles. The van der Waals surface area contributed by atoms with Crippen LogP contribution in [0.15, 0.2) is 30.3 Å². The lowest BCUT2D eigenvalue weighted by atomic mass is 10.2. The summed E-state index contributed by atoms with van der Waals surface area (Å²) in [5, 5.41) is 3.26. The van der Waals surface area contributed by atoms with Gasteiger partial charge in [-0.15, -0.1) is 11.3 Å². The van der Waals surface area contributed by atoms with Crippen molar-refractivity contribution in [2.75, 3.05) is 6.54 Å². The molecular formula is C14H11Cl2NO2S. The highest BCUT2D eigenvalue weighted by Crippen LogP contribution is 2.22. The van der Waals surface area contributed by atoms with Crippen LogP contribution < -0.4 is 5.32 Å². The summed E-state index contributed by atoms with van der Waals surface area (Å²) in [6.45, 7) is 1.88. The number of benzene rings is 1. The molecule has 1 heterocycles. The van der Waals surface area contributed by atoms with E-state index < -0.39 is 0 Å². The van der Waals surface area contributed by atoms with Gasteiger partial charge < -0.3 is 5.32 Å². The van der Waals surface area contributed by atoms with Crippen LogP contribution in [-0.4, -0.2) is 18.2 Å². The fourth-order valence-electron chi connectivity index (χ4n) is 1.57. The lowest BCUT2D eigenvalue weighted by Crippen LogP contribution is -2.29. The van der Waals surface area contributed by atoms with E-state index in [-0.39, 0.29) is 18.2 Å². The number of Topliss-reactive ketones (excluding diaryl/α,β-unsaturated/α-hetero) is 1. The first-order chi connectivity index (χ1) is 9.47. The molecule has 2 rings (SSSR count). The third kappa shape index (κ3) is 3.60. The van der Waals surface area contributed by atoms with Crippen molar-refractivity contribution in [3.05, 3.63) is 55.7 Å². The van der Waals surface area contributed by atoms with Crippen LogP contribution in [0.4, 0.5) is 0 Å². The molecule has 0 atom stereocenters. The molecule has 0 saturated carbocycles. The van der Waals surface area contributed by atoms with E-state index in [1.807, 2.05) is 13.0 Å². The van der Waals surface area contributed by atoms with Crippen molar-refractivity contribution in [2.24, 2.45) is 0 Å². The molecular weight excluding hydrogens is 317 g/mol. The van der Waals surface area contributed by atoms with E-state index in [0.29, 0.717) is 20.5 Å². The Hall–Kier alpha value is -1.36. The lowest BCUT2D eigenvalue weighted by Gasteiger charge is -2.05. The molecule has 0 saturated heterocycles. The summed E-state index contributed by atoms with van der Waals surface area (Å²) >= 11 is 13.0. The normalized spacial score (nSPS) is 10.3. The van der Waals surface area contributed by atoms with Gasteiger partial charge in [0.2, 0.25) is 0 Å². The largest absolute Gasteiger partial charge is 0.345 e. The number of halogens is 2. The number of hydrogen-bond donors (Lipinski definition) is 1. The maximum absolute atomic E-state index is 11.9. The number of rotatable bonds is 4. The standard InChI is InChI=1S/C14H11Cl2NO2S/c1-8-2-5-13(20-8)12(18)7-17-14(19)9-3-4-10(15)11(16)6-9/h2-6H,7H2,1H3,(H,17,19). The molecule has 104 valence electrons. The highest BCUT2D eigenvalue weighted by Gasteiger charge is 2.12. The monoisotopic (exact) mass is 327 g/mol. The molecule has 1 amide bonds. The SMILES string of the molecule is Cc1ccc(C(=O)CNC(=O)c2ccc(Cl)c(Cl)c2)s1. The molecule has 3 nitrogen and oxygen atoms in total. The number of carbonyl (C=O) groups excluding carboxylic acids is 2. The Balaban J connectivity index is 1.98. The van der Waals surface area contributed by atoms with E-state index in [2.05, 4.69) is 5.32 Å². The van der Waals surface area contributed by atoms with E-state index in [9.17, 15) is 9.59 Å². The third-order valence-corrected chi connectivity index (χ3v) is 4.39. The van der Waals surface area contributed by atoms with Crippen molar-refractivity contribution in [1.82, 2.24) is 5.32 Å². The summed E-state index contributed by atoms with van der Waals surface area (Å²) in [5.41, 5.74) is 0.370. The van der Waals surface area contributed by atoms with Crippen LogP contribution in [0.25, 0.3) is 0 Å². The van der Waals surface area contributed by atoms with Gasteiger partial charge in [0, 0.05) is 10.4 Å². The van der Waals surface area contributed by atoms with Gasteiger partial charge in [0.25, 0.3) is 5.91 Å². The number of amides is 1. The van der Waals surface area contributed by atoms with Crippen molar-refractivity contribution in [3.63, 3.8) is 0 Å². The van der Waals surface area contributed by atoms with Gasteiger partial charge in [0.1, 0.15) is 0 Å². The van der Waals surface area contributed by atoms with Gasteiger partial charge in [0.05, 0.1) is 21.5 Å². The van der Waals surface area contributed by atoms with Crippen molar-refractivity contribution in [2.45, 2.75) is 6.92 Å². The Morgan fingerprint density at radius 2 is 1.90 bits per heavy atom. The van der Waals surface area contributed by atoms with Gasteiger partial charge in [-0.1, -0.05) is 23.2 Å². The summed E-state index contributed by atoms with van der Waals surface area (Å²) in [6, 6.07) is 8.21. The van der Waals surface area contributed by atoms with Crippen LogP contribution in [0.2, 0.25) is 10.0 Å². The fraction of sp³-hybridized carbons (Fsp3) is 0.143. The molecule has 0 aliphatic rings. The molecule has 0 spiro atoms. The minimum atomic E-state index is -0.356. The van der Waals surface area contributed by atoms with Crippen LogP contribution in [0.1, 0.15) is 24.9 Å². The van der Waals surface area contributed by atoms with Gasteiger partial charge in [-0.25, -0.2) is 0 Å². The third-order valence-electron chi connectivity index (χ3n) is 2.61. The van der Waals surface area contributed by atoms with Crippen molar-refractivity contribution < 1.29 is 9.59 Å². The first kappa shape index (κ1) is 15.0. The van der Waals surface area contributed by atoms with E-state index in [1.165, 1.54) is 17.4 Å². The maximum atomic E-state index is 11.9. The van der Waals surface area contributed by atoms with Crippen molar-refractivity contribution in [1.29, 1.82) is 0 Å². The van der Waals surface area contributed by atoms with Gasteiger partial charge in [-0.2, -0.15) is 0 Å². The topological polar surface area (TPSA) is 46.2 Å². The number of nitrogens with one attached hydrogen (secondary N) is 1. The fourth-order valence-corrected chi connectivity index (χ4v) is 2.67. The second-order valence-electron chi connectivity index (χ2n) is 4.15. The molecule has 0 bridgehead atoms. The van der Waals surface area contributed by atoms with Crippen LogP contribution in [0.5, 0.6) is 0 Å². The molecule has 0 radical (unpaired) electrons. The second-order valence-corrected chi connectivity index (χ2v) is 6.25. The van der Waals surface area contributed by atoms with Gasteiger partial charge >= 0.3 is 0 Å². The molecule has 2 aromatic rings. The predicted octanol–water partition coefficient (Wildman–Crippen LogP) is 3.98. The highest BCUT2D eigenvalue weighted by atomic mass is 35.5. The summed E-state index contributed by atoms with van der Waals surface area (Å²) in [6.07, 6.45) is 0. The molecule has 0 fully saturated rings. The molecule has 0 aliphatic heterocycles.